The summed E-state index contributed by atoms with van der Waals surface area (Å²) in [4.78, 5) is 15.4. The van der Waals surface area contributed by atoms with Gasteiger partial charge in [-0.1, -0.05) is 53.2 Å². The fraction of sp³-hybridized carbons (Fsp3) is 0.947. The van der Waals surface area contributed by atoms with Crippen LogP contribution in [0.1, 0.15) is 99.8 Å². The van der Waals surface area contributed by atoms with Gasteiger partial charge in [0.15, 0.2) is 31.3 Å². The minimum absolute atomic E-state index is 0.103. The summed E-state index contributed by atoms with van der Waals surface area (Å²) in [5.41, 5.74) is -5.90. The van der Waals surface area contributed by atoms with Crippen LogP contribution in [0.2, 0.25) is 0 Å². The molecule has 9 fully saturated rings. The maximum Gasteiger partial charge on any atom is 0.315 e. The normalized spacial score (nSPS) is 55.3. The van der Waals surface area contributed by atoms with Crippen LogP contribution in [0.4, 0.5) is 0 Å². The minimum Gasteiger partial charge on any atom is -0.432 e. The van der Waals surface area contributed by atoms with Crippen molar-refractivity contribution in [1.29, 1.82) is 0 Å². The van der Waals surface area contributed by atoms with E-state index in [1.54, 1.807) is 6.92 Å². The van der Waals surface area contributed by atoms with Crippen molar-refractivity contribution in [1.82, 2.24) is 0 Å². The van der Waals surface area contributed by atoms with Gasteiger partial charge < -0.3 is 129 Å². The summed E-state index contributed by atoms with van der Waals surface area (Å²) >= 11 is 0. The Hall–Kier alpha value is -1.79. The number of esters is 1. The Kier molecular flexibility index (Phi) is 18.2. The molecule has 0 aromatic carbocycles. The van der Waals surface area contributed by atoms with Crippen LogP contribution in [-0.2, 0) is 52.2 Å². The number of aliphatic hydroxyl groups is 16. The summed E-state index contributed by atoms with van der Waals surface area (Å²) in [5, 5.41) is 175. The second kappa shape index (κ2) is 23.5. The molecule has 27 heteroatoms. The Balaban J connectivity index is 0.855. The summed E-state index contributed by atoms with van der Waals surface area (Å²) in [6.07, 6.45) is -29.8. The first-order valence-corrected chi connectivity index (χ1v) is 29.7. The van der Waals surface area contributed by atoms with E-state index >= 15 is 4.79 Å². The van der Waals surface area contributed by atoms with E-state index in [9.17, 15) is 81.7 Å². The maximum absolute atomic E-state index is 15.4. The molecule has 5 heterocycles. The van der Waals surface area contributed by atoms with Gasteiger partial charge in [0.25, 0.3) is 0 Å². The molecule has 482 valence electrons. The van der Waals surface area contributed by atoms with Crippen molar-refractivity contribution in [2.24, 2.45) is 50.2 Å². The van der Waals surface area contributed by atoms with E-state index in [0.717, 1.165) is 5.57 Å². The number of fused-ring (bicyclic) bond motifs is 7. The van der Waals surface area contributed by atoms with Gasteiger partial charge in [-0.2, -0.15) is 0 Å². The summed E-state index contributed by atoms with van der Waals surface area (Å²) in [6, 6.07) is 0. The Morgan fingerprint density at radius 2 is 1.17 bits per heavy atom. The van der Waals surface area contributed by atoms with Crippen LogP contribution < -0.4 is 0 Å². The van der Waals surface area contributed by atoms with Crippen LogP contribution in [-0.4, -0.2) is 274 Å². The molecule has 0 bridgehead atoms. The molecule has 16 N–H and O–H groups in total. The molecule has 5 saturated heterocycles. The Morgan fingerprint density at radius 1 is 0.583 bits per heavy atom. The number of carbonyl (C=O) groups is 1. The average molecular weight is 1210 g/mol. The van der Waals surface area contributed by atoms with Crippen LogP contribution in [0, 0.1) is 50.2 Å². The fourth-order valence-electron chi connectivity index (χ4n) is 17.6. The van der Waals surface area contributed by atoms with Crippen molar-refractivity contribution in [3.63, 3.8) is 0 Å². The molecule has 0 unspecified atom stereocenters. The fourth-order valence-corrected chi connectivity index (χ4v) is 17.6. The van der Waals surface area contributed by atoms with E-state index in [1.807, 2.05) is 6.92 Å². The molecule has 0 aromatic heterocycles. The summed E-state index contributed by atoms with van der Waals surface area (Å²) in [7, 11) is 0. The lowest BCUT2D eigenvalue weighted by atomic mass is 9.33. The third kappa shape index (κ3) is 10.3. The third-order valence-electron chi connectivity index (χ3n) is 22.5. The van der Waals surface area contributed by atoms with Crippen LogP contribution in [0.25, 0.3) is 0 Å². The molecule has 5 aliphatic carbocycles. The highest BCUT2D eigenvalue weighted by Gasteiger charge is 2.74. The Labute approximate surface area is 486 Å². The second-order valence-electron chi connectivity index (χ2n) is 27.9. The molecule has 5 aliphatic heterocycles. The van der Waals surface area contributed by atoms with Gasteiger partial charge >= 0.3 is 5.97 Å². The van der Waals surface area contributed by atoms with Crippen LogP contribution in [0.15, 0.2) is 11.6 Å². The van der Waals surface area contributed by atoms with Gasteiger partial charge in [-0.05, 0) is 91.8 Å². The SMILES string of the molecule is C[C@@H]1O[C@@H](O[C@H]2[C@H](OC(=O)[C@]34CCC(C)(C)C[C@H]3C3=CC[C@@H]5[C@@]6(C)C[C@H](O)[C@H](O[C@@H]7O[C@H](CO)[C@@H](O)[C@H](O)[C@H]7O)[C@@](C)(CO)[C@@H]6[C@H](O)C[C@@]5(C)[C@]3(C)CC4)O[C@@H](CO)[C@@H]2O)[C@H](O)[C@H](O)[C@H]1O[C@@H]1O[C@H](CO)[C@H](O[C@@H]2OC[C@](O)(CO)[C@H]2O)[C@H]1O. The lowest BCUT2D eigenvalue weighted by Gasteiger charge is -2.72. The Bertz CT molecular complexity index is 2370. The first-order chi connectivity index (χ1) is 39.4. The highest BCUT2D eigenvalue weighted by Crippen LogP contribution is 2.76. The molecule has 4 saturated carbocycles. The highest BCUT2D eigenvalue weighted by molar-refractivity contribution is 5.79. The molecule has 32 atom stereocenters. The predicted molar refractivity (Wildman–Crippen MR) is 280 cm³/mol. The molecule has 0 amide bonds. The van der Waals surface area contributed by atoms with Crippen molar-refractivity contribution in [3.05, 3.63) is 11.6 Å². The van der Waals surface area contributed by atoms with Crippen LogP contribution in [0.3, 0.4) is 0 Å². The predicted octanol–water partition coefficient (Wildman–Crippen LogP) is -4.35. The lowest BCUT2D eigenvalue weighted by Crippen LogP contribution is -2.72. The van der Waals surface area contributed by atoms with Crippen molar-refractivity contribution in [3.8, 4) is 0 Å². The van der Waals surface area contributed by atoms with Gasteiger partial charge in [0.1, 0.15) is 85.0 Å². The minimum atomic E-state index is -2.05. The maximum atomic E-state index is 15.4. The molecule has 0 spiro atoms. The van der Waals surface area contributed by atoms with Crippen LogP contribution >= 0.6 is 0 Å². The van der Waals surface area contributed by atoms with E-state index < -0.39 is 231 Å². The average Bonchev–Trinajstić information content (AvgIpc) is 0.801. The number of carbonyl (C=O) groups excluding carboxylic acids is 1. The molecular weight excluding hydrogens is 1120 g/mol. The quantitative estimate of drug-likeness (QED) is 0.0419. The van der Waals surface area contributed by atoms with E-state index in [1.165, 1.54) is 6.92 Å². The number of rotatable bonds is 15. The zero-order valence-electron chi connectivity index (χ0n) is 48.6. The van der Waals surface area contributed by atoms with Crippen LogP contribution in [0.5, 0.6) is 0 Å². The first-order valence-electron chi connectivity index (χ1n) is 29.7. The highest BCUT2D eigenvalue weighted by atomic mass is 16.8. The van der Waals surface area contributed by atoms with Crippen molar-refractivity contribution < 1.29 is 134 Å². The standard InChI is InChI=1S/C57H92O27/c1-23-39(80-47-38(71)40(30(19-60)79-47)81-49-43(72)57(74,21-62)22-75-49)35(68)37(70)45(76-23)82-41-33(66)29(18-59)78-48(41)84-50(73)56-12-10-51(2,3)14-25(56)24-8-9-31-52(4)15-27(64)44(83-46-36(69)34(67)32(65)28(17-58)77-46)53(5,20-61)42(52)26(63)16-55(31,7)54(24,6)11-13-56/h8,23,25-49,58-72,74H,9-22H2,1-7H3/t23-,25-,26+,27-,28+,29-,30+,31+,32+,33-,34-,35-,36+,37+,38+,39-,40-,41+,42+,43-,44-,45-,46-,47-,48-,49-,52+,53-,54+,55+,56-,57+/m0/s1. The Morgan fingerprint density at radius 3 is 1.81 bits per heavy atom. The molecule has 0 radical (unpaired) electrons. The lowest BCUT2D eigenvalue weighted by molar-refractivity contribution is -0.350. The summed E-state index contributed by atoms with van der Waals surface area (Å²) in [6.45, 7) is 9.77. The molecule has 10 rings (SSSR count). The van der Waals surface area contributed by atoms with Gasteiger partial charge in [-0.15, -0.1) is 0 Å². The number of hydrogen-bond donors (Lipinski definition) is 16. The topological polar surface area (TPSA) is 433 Å². The van der Waals surface area contributed by atoms with E-state index in [-0.39, 0.29) is 24.2 Å². The number of hydrogen-bond acceptors (Lipinski definition) is 27. The van der Waals surface area contributed by atoms with Crippen molar-refractivity contribution in [2.75, 3.05) is 39.6 Å². The van der Waals surface area contributed by atoms with E-state index in [4.69, 9.17) is 47.4 Å². The largest absolute Gasteiger partial charge is 0.432 e. The number of aliphatic hydroxyl groups excluding tert-OH is 15. The number of allylic oxidation sites excluding steroid dienone is 2. The molecule has 27 nitrogen and oxygen atoms in total. The van der Waals surface area contributed by atoms with Gasteiger partial charge in [-0.25, -0.2) is 0 Å². The van der Waals surface area contributed by atoms with Gasteiger partial charge in [0.2, 0.25) is 6.29 Å². The zero-order valence-corrected chi connectivity index (χ0v) is 48.6. The molecule has 84 heavy (non-hydrogen) atoms. The molecular formula is C57H92O27. The molecule has 10 aliphatic rings. The van der Waals surface area contributed by atoms with E-state index in [2.05, 4.69) is 33.8 Å². The van der Waals surface area contributed by atoms with Gasteiger partial charge in [0, 0.05) is 11.3 Å². The third-order valence-corrected chi connectivity index (χ3v) is 22.5. The summed E-state index contributed by atoms with van der Waals surface area (Å²) < 4.78 is 59.1. The smallest absolute Gasteiger partial charge is 0.315 e. The van der Waals surface area contributed by atoms with Crippen molar-refractivity contribution >= 4 is 5.97 Å². The summed E-state index contributed by atoms with van der Waals surface area (Å²) in [5.74, 6) is -1.91. The van der Waals surface area contributed by atoms with Gasteiger partial charge in [-0.3, -0.25) is 4.79 Å². The number of ether oxygens (including phenoxy) is 10. The monoisotopic (exact) mass is 1210 g/mol. The van der Waals surface area contributed by atoms with E-state index in [0.29, 0.717) is 38.5 Å². The second-order valence-corrected chi connectivity index (χ2v) is 27.9. The van der Waals surface area contributed by atoms with Crippen molar-refractivity contribution in [2.45, 2.75) is 247 Å². The van der Waals surface area contributed by atoms with Gasteiger partial charge in [0.05, 0.1) is 69.5 Å². The first kappa shape index (κ1) is 65.2. The zero-order chi connectivity index (χ0) is 61.3. The molecule has 0 aromatic rings.